The van der Waals surface area contributed by atoms with E-state index in [0.29, 0.717) is 17.3 Å². The van der Waals surface area contributed by atoms with Crippen molar-refractivity contribution in [1.29, 1.82) is 0 Å². The van der Waals surface area contributed by atoms with Gasteiger partial charge in [0.15, 0.2) is 0 Å². The summed E-state index contributed by atoms with van der Waals surface area (Å²) in [7, 11) is -3.67. The summed E-state index contributed by atoms with van der Waals surface area (Å²) in [6.07, 6.45) is 2.36. The van der Waals surface area contributed by atoms with Crippen LogP contribution >= 0.6 is 0 Å². The van der Waals surface area contributed by atoms with Gasteiger partial charge in [-0.3, -0.25) is 4.79 Å². The van der Waals surface area contributed by atoms with Crippen molar-refractivity contribution in [2.24, 2.45) is 0 Å². The van der Waals surface area contributed by atoms with E-state index in [2.05, 4.69) is 11.2 Å². The van der Waals surface area contributed by atoms with Crippen LogP contribution in [0.1, 0.15) is 25.0 Å². The molecule has 0 fully saturated rings. The maximum absolute atomic E-state index is 13.0. The Labute approximate surface area is 186 Å². The molecule has 2 heterocycles. The minimum absolute atomic E-state index is 0.136. The predicted octanol–water partition coefficient (Wildman–Crippen LogP) is 3.99. The lowest BCUT2D eigenvalue weighted by atomic mass is 10.0. The SMILES string of the molecule is CC1(C)Cc2cc(Cn3ncc4cc(S(=O)(=O)c5ccccc5)ccc4c3=O)ccc2O1. The molecule has 0 spiro atoms. The highest BCUT2D eigenvalue weighted by Crippen LogP contribution is 2.35. The minimum atomic E-state index is -3.67. The van der Waals surface area contributed by atoms with E-state index >= 15 is 0 Å². The fourth-order valence-electron chi connectivity index (χ4n) is 4.12. The van der Waals surface area contributed by atoms with Gasteiger partial charge < -0.3 is 4.74 Å². The number of nitrogens with zero attached hydrogens (tertiary/aromatic N) is 2. The summed E-state index contributed by atoms with van der Waals surface area (Å²) < 4.78 is 33.1. The number of benzene rings is 3. The molecule has 0 saturated carbocycles. The molecule has 0 atom stereocenters. The molecule has 0 bridgehead atoms. The molecule has 162 valence electrons. The van der Waals surface area contributed by atoms with Crippen molar-refractivity contribution in [3.8, 4) is 5.75 Å². The van der Waals surface area contributed by atoms with Crippen LogP contribution in [-0.4, -0.2) is 23.8 Å². The third-order valence-electron chi connectivity index (χ3n) is 5.65. The maximum atomic E-state index is 13.0. The Morgan fingerprint density at radius 2 is 1.78 bits per heavy atom. The standard InChI is InChI=1S/C25H22N2O4S/c1-25(2)14-18-12-17(8-11-23(18)31-25)16-27-24(28)22-10-9-21(13-19(22)15-26-27)32(29,30)20-6-4-3-5-7-20/h3-13,15H,14,16H2,1-2H3. The van der Waals surface area contributed by atoms with Crippen LogP contribution in [0.2, 0.25) is 0 Å². The highest BCUT2D eigenvalue weighted by atomic mass is 32.2. The fraction of sp³-hybridized carbons (Fsp3) is 0.200. The second-order valence-corrected chi connectivity index (χ2v) is 10.6. The number of hydrogen-bond donors (Lipinski definition) is 0. The molecule has 6 nitrogen and oxygen atoms in total. The van der Waals surface area contributed by atoms with Gasteiger partial charge in [-0.05, 0) is 61.4 Å². The molecule has 4 aromatic rings. The number of sulfone groups is 1. The van der Waals surface area contributed by atoms with Crippen molar-refractivity contribution < 1.29 is 13.2 Å². The Kier molecular flexibility index (Phi) is 4.67. The summed E-state index contributed by atoms with van der Waals surface area (Å²) in [6.45, 7) is 4.43. The zero-order valence-electron chi connectivity index (χ0n) is 17.8. The van der Waals surface area contributed by atoms with Crippen LogP contribution in [0.15, 0.2) is 87.5 Å². The molecule has 1 aromatic heterocycles. The van der Waals surface area contributed by atoms with Gasteiger partial charge in [0.05, 0.1) is 27.9 Å². The molecule has 1 aliphatic rings. The van der Waals surface area contributed by atoms with E-state index in [4.69, 9.17) is 4.74 Å². The number of hydrogen-bond acceptors (Lipinski definition) is 5. The first-order valence-corrected chi connectivity index (χ1v) is 11.8. The van der Waals surface area contributed by atoms with Gasteiger partial charge >= 0.3 is 0 Å². The number of aromatic nitrogens is 2. The molecule has 5 rings (SSSR count). The van der Waals surface area contributed by atoms with E-state index in [-0.39, 0.29) is 21.0 Å². The van der Waals surface area contributed by atoms with E-state index in [1.54, 1.807) is 42.6 Å². The monoisotopic (exact) mass is 446 g/mol. The molecule has 1 aliphatic heterocycles. The first-order valence-electron chi connectivity index (χ1n) is 10.3. The lowest BCUT2D eigenvalue weighted by molar-refractivity contribution is 0.138. The summed E-state index contributed by atoms with van der Waals surface area (Å²) in [5, 5.41) is 5.22. The van der Waals surface area contributed by atoms with E-state index in [1.807, 2.05) is 26.0 Å². The van der Waals surface area contributed by atoms with Gasteiger partial charge in [-0.2, -0.15) is 5.10 Å². The quantitative estimate of drug-likeness (QED) is 0.474. The molecular weight excluding hydrogens is 424 g/mol. The molecule has 7 heteroatoms. The molecular formula is C25H22N2O4S. The Morgan fingerprint density at radius 1 is 1.00 bits per heavy atom. The van der Waals surface area contributed by atoms with Crippen molar-refractivity contribution in [2.45, 2.75) is 42.2 Å². The number of ether oxygens (including phenoxy) is 1. The number of fused-ring (bicyclic) bond motifs is 2. The van der Waals surface area contributed by atoms with Crippen molar-refractivity contribution in [3.63, 3.8) is 0 Å². The lowest BCUT2D eigenvalue weighted by Gasteiger charge is -2.16. The third-order valence-corrected chi connectivity index (χ3v) is 7.41. The molecule has 0 radical (unpaired) electrons. The van der Waals surface area contributed by atoms with Crippen LogP contribution in [0.25, 0.3) is 10.8 Å². The molecule has 0 N–H and O–H groups in total. The van der Waals surface area contributed by atoms with Crippen molar-refractivity contribution in [2.75, 3.05) is 0 Å². The van der Waals surface area contributed by atoms with Crippen molar-refractivity contribution in [3.05, 3.63) is 94.4 Å². The van der Waals surface area contributed by atoms with Gasteiger partial charge in [0.1, 0.15) is 11.4 Å². The minimum Gasteiger partial charge on any atom is -0.487 e. The summed E-state index contributed by atoms with van der Waals surface area (Å²) in [5.41, 5.74) is 1.60. The van der Waals surface area contributed by atoms with E-state index in [9.17, 15) is 13.2 Å². The van der Waals surface area contributed by atoms with E-state index in [0.717, 1.165) is 23.3 Å². The van der Waals surface area contributed by atoms with Crippen molar-refractivity contribution >= 4 is 20.6 Å². The third kappa shape index (κ3) is 3.58. The van der Waals surface area contributed by atoms with Gasteiger partial charge in [-0.25, -0.2) is 13.1 Å². The van der Waals surface area contributed by atoms with Crippen LogP contribution in [0, 0.1) is 0 Å². The summed E-state index contributed by atoms with van der Waals surface area (Å²) >= 11 is 0. The smallest absolute Gasteiger partial charge is 0.274 e. The fourth-order valence-corrected chi connectivity index (χ4v) is 5.43. The van der Waals surface area contributed by atoms with Crippen LogP contribution in [0.4, 0.5) is 0 Å². The van der Waals surface area contributed by atoms with Gasteiger partial charge in [0.2, 0.25) is 9.84 Å². The van der Waals surface area contributed by atoms with Gasteiger partial charge in [0, 0.05) is 11.8 Å². The van der Waals surface area contributed by atoms with Crippen LogP contribution < -0.4 is 10.3 Å². The largest absolute Gasteiger partial charge is 0.487 e. The normalized spacial score (nSPS) is 14.8. The van der Waals surface area contributed by atoms with Gasteiger partial charge in [-0.1, -0.05) is 30.3 Å². The molecule has 0 saturated heterocycles. The van der Waals surface area contributed by atoms with Crippen LogP contribution in [-0.2, 0) is 22.8 Å². The average molecular weight is 447 g/mol. The molecule has 32 heavy (non-hydrogen) atoms. The first-order chi connectivity index (χ1) is 15.2. The highest BCUT2D eigenvalue weighted by molar-refractivity contribution is 7.91. The summed E-state index contributed by atoms with van der Waals surface area (Å²) in [5.74, 6) is 0.879. The zero-order valence-corrected chi connectivity index (χ0v) is 18.6. The van der Waals surface area contributed by atoms with Crippen LogP contribution in [0.5, 0.6) is 5.75 Å². The first kappa shape index (κ1) is 20.5. The molecule has 0 unspecified atom stereocenters. The lowest BCUT2D eigenvalue weighted by Crippen LogP contribution is -2.24. The summed E-state index contributed by atoms with van der Waals surface area (Å²) in [4.78, 5) is 13.4. The Balaban J connectivity index is 1.48. The Hall–Kier alpha value is -3.45. The van der Waals surface area contributed by atoms with Gasteiger partial charge in [0.25, 0.3) is 5.56 Å². The highest BCUT2D eigenvalue weighted by Gasteiger charge is 2.30. The average Bonchev–Trinajstić information content (AvgIpc) is 3.09. The second kappa shape index (κ2) is 7.31. The Morgan fingerprint density at radius 3 is 2.56 bits per heavy atom. The van der Waals surface area contributed by atoms with Crippen LogP contribution in [0.3, 0.4) is 0 Å². The molecule has 0 amide bonds. The topological polar surface area (TPSA) is 78.3 Å². The van der Waals surface area contributed by atoms with Gasteiger partial charge in [-0.15, -0.1) is 0 Å². The van der Waals surface area contributed by atoms with E-state index in [1.165, 1.54) is 16.8 Å². The Bertz CT molecular complexity index is 1510. The zero-order chi connectivity index (χ0) is 22.5. The summed E-state index contributed by atoms with van der Waals surface area (Å²) in [6, 6.07) is 18.7. The molecule has 0 aliphatic carbocycles. The van der Waals surface area contributed by atoms with Crippen molar-refractivity contribution in [1.82, 2.24) is 9.78 Å². The van der Waals surface area contributed by atoms with E-state index < -0.39 is 9.84 Å². The predicted molar refractivity (Wildman–Crippen MR) is 122 cm³/mol. The molecule has 3 aromatic carbocycles. The maximum Gasteiger partial charge on any atom is 0.274 e. The number of rotatable bonds is 4. The second-order valence-electron chi connectivity index (χ2n) is 8.65.